The Hall–Kier alpha value is -2.02. The number of hydrogen-bond donors (Lipinski definition) is 2. The number of halogens is 3. The molecule has 9 heteroatoms. The fraction of sp³-hybridized carbons (Fsp3) is 0.188. The molecule has 4 N–H and O–H groups in total. The van der Waals surface area contributed by atoms with Crippen molar-refractivity contribution in [1.29, 1.82) is 0 Å². The first-order valence-corrected chi connectivity index (χ1v) is 8.38. The van der Waals surface area contributed by atoms with Gasteiger partial charge in [0.2, 0.25) is 0 Å². The van der Waals surface area contributed by atoms with E-state index in [4.69, 9.17) is 45.3 Å². The minimum absolute atomic E-state index is 0.00299. The van der Waals surface area contributed by atoms with Gasteiger partial charge < -0.3 is 15.8 Å². The fourth-order valence-corrected chi connectivity index (χ4v) is 2.58. The number of esters is 1. The molecule has 0 bridgehead atoms. The molecule has 0 fully saturated rings. The summed E-state index contributed by atoms with van der Waals surface area (Å²) in [6.07, 6.45) is 0.839. The van der Waals surface area contributed by atoms with Crippen molar-refractivity contribution in [2.24, 2.45) is 0 Å². The van der Waals surface area contributed by atoms with E-state index in [1.807, 2.05) is 25.1 Å². The number of nitrogens with two attached hydrogens (primary N) is 1. The van der Waals surface area contributed by atoms with Crippen LogP contribution in [0.3, 0.4) is 0 Å². The number of amides is 1. The maximum atomic E-state index is 12.1. The van der Waals surface area contributed by atoms with E-state index < -0.39 is 18.5 Å². The average molecular weight is 404 g/mol. The minimum Gasteiger partial charge on any atom is -0.448 e. The highest BCUT2D eigenvalue weighted by Gasteiger charge is 2.27. The van der Waals surface area contributed by atoms with Crippen molar-refractivity contribution in [1.82, 2.24) is 0 Å². The highest BCUT2D eigenvalue weighted by atomic mass is 35.5. The third kappa shape index (κ3) is 4.75. The van der Waals surface area contributed by atoms with Gasteiger partial charge in [0, 0.05) is 5.69 Å². The van der Waals surface area contributed by atoms with Gasteiger partial charge in [0.05, 0.1) is 5.69 Å². The molecule has 0 aliphatic heterocycles. The van der Waals surface area contributed by atoms with Gasteiger partial charge >= 0.3 is 11.7 Å². The number of nitrogen functional groups attached to an aromatic ring is 1. The van der Waals surface area contributed by atoms with Crippen LogP contribution in [0.15, 0.2) is 24.3 Å². The predicted molar refractivity (Wildman–Crippen MR) is 97.2 cm³/mol. The summed E-state index contributed by atoms with van der Waals surface area (Å²) in [5, 5.41) is 2.45. The third-order valence-corrected chi connectivity index (χ3v) is 4.44. The quantitative estimate of drug-likeness (QED) is 0.591. The van der Waals surface area contributed by atoms with Gasteiger partial charge in [-0.3, -0.25) is 4.79 Å². The first-order chi connectivity index (χ1) is 11.8. The van der Waals surface area contributed by atoms with E-state index in [1.165, 1.54) is 0 Å². The molecule has 1 amide bonds. The SMILES string of the molecule is CCc1cccc(NC(=O)COC(=O)c2[nH+]c(Cl)c(Cl)c(N)c2Cl)c1. The molecular formula is C16H15Cl3N3O3+. The van der Waals surface area contributed by atoms with Crippen molar-refractivity contribution < 1.29 is 19.3 Å². The molecule has 0 aliphatic carbocycles. The number of carbonyl (C=O) groups excluding carboxylic acids is 2. The van der Waals surface area contributed by atoms with E-state index in [0.717, 1.165) is 12.0 Å². The minimum atomic E-state index is -0.882. The summed E-state index contributed by atoms with van der Waals surface area (Å²) < 4.78 is 4.93. The Morgan fingerprint density at radius 2 is 1.96 bits per heavy atom. The zero-order valence-electron chi connectivity index (χ0n) is 13.2. The molecule has 1 aromatic heterocycles. The molecule has 2 aromatic rings. The fourth-order valence-electron chi connectivity index (χ4n) is 1.98. The normalized spacial score (nSPS) is 10.4. The molecule has 0 saturated heterocycles. The Labute approximate surface area is 159 Å². The standard InChI is InChI=1S/C16H14Cl3N3O3/c1-2-8-4-3-5-9(6-8)21-10(23)7-25-16(24)14-11(17)13(20)12(18)15(19)22-14/h3-6H,2,7H2,1H3,(H2,20,22)(H,21,23)/p+1. The predicted octanol–water partition coefficient (Wildman–Crippen LogP) is 3.40. The second kappa shape index (κ2) is 8.38. The number of nitrogens with one attached hydrogen (secondary N) is 2. The largest absolute Gasteiger partial charge is 0.448 e. The number of aromatic amines is 1. The van der Waals surface area contributed by atoms with Gasteiger partial charge in [0.1, 0.15) is 10.0 Å². The lowest BCUT2D eigenvalue weighted by Crippen LogP contribution is -2.26. The van der Waals surface area contributed by atoms with Crippen LogP contribution in [0.25, 0.3) is 0 Å². The van der Waals surface area contributed by atoms with Crippen molar-refractivity contribution in [3.05, 3.63) is 50.7 Å². The van der Waals surface area contributed by atoms with Crippen LogP contribution in [0.4, 0.5) is 11.4 Å². The Balaban J connectivity index is 2.01. The number of ether oxygens (including phenoxy) is 1. The topological polar surface area (TPSA) is 95.6 Å². The summed E-state index contributed by atoms with van der Waals surface area (Å²) in [5.74, 6) is -1.38. The summed E-state index contributed by atoms with van der Waals surface area (Å²) in [4.78, 5) is 26.5. The van der Waals surface area contributed by atoms with Gasteiger partial charge in [-0.1, -0.05) is 42.3 Å². The number of hydrogen-bond acceptors (Lipinski definition) is 4. The van der Waals surface area contributed by atoms with E-state index in [9.17, 15) is 9.59 Å². The summed E-state index contributed by atoms with van der Waals surface area (Å²) in [6, 6.07) is 7.35. The second-order valence-corrected chi connectivity index (χ2v) is 6.17. The molecular weight excluding hydrogens is 389 g/mol. The van der Waals surface area contributed by atoms with Crippen LogP contribution in [0, 0.1) is 0 Å². The molecule has 0 radical (unpaired) electrons. The molecule has 132 valence electrons. The maximum Gasteiger partial charge on any atom is 0.405 e. The molecule has 0 saturated carbocycles. The van der Waals surface area contributed by atoms with E-state index in [1.54, 1.807) is 6.07 Å². The molecule has 0 spiro atoms. The maximum absolute atomic E-state index is 12.1. The lowest BCUT2D eigenvalue weighted by molar-refractivity contribution is -0.380. The number of H-pyrrole nitrogens is 1. The Morgan fingerprint density at radius 3 is 2.64 bits per heavy atom. The van der Waals surface area contributed by atoms with Gasteiger partial charge in [-0.25, -0.2) is 4.79 Å². The molecule has 2 rings (SSSR count). The molecule has 6 nitrogen and oxygen atoms in total. The van der Waals surface area contributed by atoms with Crippen molar-refractivity contribution >= 4 is 58.1 Å². The molecule has 1 heterocycles. The van der Waals surface area contributed by atoms with Gasteiger partial charge in [-0.05, 0) is 35.7 Å². The summed E-state index contributed by atoms with van der Waals surface area (Å²) in [7, 11) is 0. The zero-order chi connectivity index (χ0) is 18.6. The summed E-state index contributed by atoms with van der Waals surface area (Å²) in [5.41, 5.74) is 7.10. The van der Waals surface area contributed by atoms with Crippen molar-refractivity contribution in [3.8, 4) is 0 Å². The monoisotopic (exact) mass is 402 g/mol. The number of aryl methyl sites for hydroxylation is 1. The zero-order valence-corrected chi connectivity index (χ0v) is 15.4. The van der Waals surface area contributed by atoms with Gasteiger partial charge in [-0.15, -0.1) is 0 Å². The smallest absolute Gasteiger partial charge is 0.405 e. The number of aromatic nitrogens is 1. The molecule has 0 unspecified atom stereocenters. The van der Waals surface area contributed by atoms with Crippen molar-refractivity contribution in [2.75, 3.05) is 17.7 Å². The van der Waals surface area contributed by atoms with E-state index in [2.05, 4.69) is 10.3 Å². The second-order valence-electron chi connectivity index (χ2n) is 5.03. The van der Waals surface area contributed by atoms with Crippen LogP contribution < -0.4 is 16.0 Å². The van der Waals surface area contributed by atoms with Crippen LogP contribution >= 0.6 is 34.8 Å². The van der Waals surface area contributed by atoms with E-state index in [-0.39, 0.29) is 26.6 Å². The van der Waals surface area contributed by atoms with E-state index in [0.29, 0.717) is 5.69 Å². The van der Waals surface area contributed by atoms with E-state index >= 15 is 0 Å². The highest BCUT2D eigenvalue weighted by molar-refractivity contribution is 6.45. The summed E-state index contributed by atoms with van der Waals surface area (Å²) >= 11 is 17.6. The first-order valence-electron chi connectivity index (χ1n) is 7.24. The number of carbonyl (C=O) groups is 2. The van der Waals surface area contributed by atoms with Crippen molar-refractivity contribution in [3.63, 3.8) is 0 Å². The van der Waals surface area contributed by atoms with Crippen LogP contribution in [0.1, 0.15) is 23.0 Å². The Bertz CT molecular complexity index is 828. The Morgan fingerprint density at radius 1 is 1.24 bits per heavy atom. The number of pyridine rings is 1. The van der Waals surface area contributed by atoms with Crippen LogP contribution in [0.5, 0.6) is 0 Å². The molecule has 1 aromatic carbocycles. The van der Waals surface area contributed by atoms with Gasteiger partial charge in [0.15, 0.2) is 6.61 Å². The van der Waals surface area contributed by atoms with Gasteiger partial charge in [-0.2, -0.15) is 4.98 Å². The summed E-state index contributed by atoms with van der Waals surface area (Å²) in [6.45, 7) is 1.51. The molecule has 25 heavy (non-hydrogen) atoms. The third-order valence-electron chi connectivity index (χ3n) is 3.28. The Kier molecular flexibility index (Phi) is 6.47. The number of anilines is 2. The molecule has 0 atom stereocenters. The lowest BCUT2D eigenvalue weighted by Gasteiger charge is -2.07. The van der Waals surface area contributed by atoms with Crippen LogP contribution in [0.2, 0.25) is 15.2 Å². The lowest BCUT2D eigenvalue weighted by atomic mass is 10.1. The number of benzene rings is 1. The first kappa shape index (κ1) is 19.3. The van der Waals surface area contributed by atoms with Crippen molar-refractivity contribution in [2.45, 2.75) is 13.3 Å². The molecule has 0 aliphatic rings. The van der Waals surface area contributed by atoms with Gasteiger partial charge in [0.25, 0.3) is 11.1 Å². The van der Waals surface area contributed by atoms with Crippen LogP contribution in [-0.2, 0) is 16.0 Å². The number of rotatable bonds is 5. The highest BCUT2D eigenvalue weighted by Crippen LogP contribution is 2.32. The van der Waals surface area contributed by atoms with Crippen LogP contribution in [-0.4, -0.2) is 18.5 Å². The average Bonchev–Trinajstić information content (AvgIpc) is 2.61.